The summed E-state index contributed by atoms with van der Waals surface area (Å²) in [7, 11) is 1.69. The first kappa shape index (κ1) is 14.6. The molecular weight excluding hydrogens is 246 g/mol. The van der Waals surface area contributed by atoms with E-state index in [-0.39, 0.29) is 0 Å². The first-order chi connectivity index (χ1) is 9.61. The van der Waals surface area contributed by atoms with E-state index in [1.54, 1.807) is 7.11 Å². The normalized spacial score (nSPS) is 13.8. The van der Waals surface area contributed by atoms with Crippen LogP contribution < -0.4 is 10.1 Å². The molecular formula is C18H23NO. The van der Waals surface area contributed by atoms with Crippen LogP contribution in [0.15, 0.2) is 48.5 Å². The molecule has 0 spiro atoms. The molecule has 0 radical (unpaired) electrons. The van der Waals surface area contributed by atoms with Crippen molar-refractivity contribution in [2.24, 2.45) is 0 Å². The molecule has 2 nitrogen and oxygen atoms in total. The van der Waals surface area contributed by atoms with Crippen molar-refractivity contribution in [2.45, 2.75) is 32.9 Å². The standard InChI is InChI=1S/C18H23NO/c1-13-7-5-6-8-18(13)15(3)19-14(2)16-9-11-17(20-4)12-10-16/h5-12,14-15,19H,1-4H3/t14?,15-/m0/s1. The molecule has 0 aliphatic carbocycles. The Morgan fingerprint density at radius 1 is 0.900 bits per heavy atom. The minimum Gasteiger partial charge on any atom is -0.497 e. The highest BCUT2D eigenvalue weighted by atomic mass is 16.5. The van der Waals surface area contributed by atoms with Gasteiger partial charge in [0.2, 0.25) is 0 Å². The molecule has 0 fully saturated rings. The quantitative estimate of drug-likeness (QED) is 0.867. The van der Waals surface area contributed by atoms with Crippen molar-refractivity contribution in [1.29, 1.82) is 0 Å². The van der Waals surface area contributed by atoms with E-state index in [1.165, 1.54) is 16.7 Å². The van der Waals surface area contributed by atoms with Crippen LogP contribution in [-0.2, 0) is 0 Å². The minimum absolute atomic E-state index is 0.301. The van der Waals surface area contributed by atoms with Gasteiger partial charge in [-0.25, -0.2) is 0 Å². The zero-order valence-electron chi connectivity index (χ0n) is 12.7. The number of hydrogen-bond acceptors (Lipinski definition) is 2. The van der Waals surface area contributed by atoms with Crippen LogP contribution in [0.1, 0.15) is 42.6 Å². The van der Waals surface area contributed by atoms with E-state index in [1.807, 2.05) is 12.1 Å². The van der Waals surface area contributed by atoms with Crippen LogP contribution >= 0.6 is 0 Å². The lowest BCUT2D eigenvalue weighted by Gasteiger charge is -2.22. The van der Waals surface area contributed by atoms with E-state index in [0.29, 0.717) is 12.1 Å². The second kappa shape index (κ2) is 6.58. The van der Waals surface area contributed by atoms with Gasteiger partial charge in [0.15, 0.2) is 0 Å². The summed E-state index contributed by atoms with van der Waals surface area (Å²) in [4.78, 5) is 0. The maximum Gasteiger partial charge on any atom is 0.118 e. The summed E-state index contributed by atoms with van der Waals surface area (Å²) in [5.41, 5.74) is 3.95. The molecule has 1 N–H and O–H groups in total. The van der Waals surface area contributed by atoms with E-state index in [0.717, 1.165) is 5.75 Å². The Morgan fingerprint density at radius 2 is 1.55 bits per heavy atom. The van der Waals surface area contributed by atoms with Crippen molar-refractivity contribution in [3.8, 4) is 5.75 Å². The first-order valence-electron chi connectivity index (χ1n) is 7.07. The predicted molar refractivity (Wildman–Crippen MR) is 84.1 cm³/mol. The molecule has 0 aliphatic rings. The Hall–Kier alpha value is -1.80. The lowest BCUT2D eigenvalue weighted by Crippen LogP contribution is -2.23. The highest BCUT2D eigenvalue weighted by molar-refractivity contribution is 5.31. The largest absolute Gasteiger partial charge is 0.497 e. The number of ether oxygens (including phenoxy) is 1. The number of hydrogen-bond donors (Lipinski definition) is 1. The van der Waals surface area contributed by atoms with Crippen molar-refractivity contribution in [2.75, 3.05) is 7.11 Å². The molecule has 2 aromatic carbocycles. The molecule has 2 rings (SSSR count). The number of rotatable bonds is 5. The van der Waals surface area contributed by atoms with E-state index in [9.17, 15) is 0 Å². The van der Waals surface area contributed by atoms with Gasteiger partial charge in [0.05, 0.1) is 7.11 Å². The van der Waals surface area contributed by atoms with Crippen LogP contribution in [0.3, 0.4) is 0 Å². The van der Waals surface area contributed by atoms with Crippen molar-refractivity contribution >= 4 is 0 Å². The number of benzene rings is 2. The minimum atomic E-state index is 0.301. The summed E-state index contributed by atoms with van der Waals surface area (Å²) in [6, 6.07) is 17.4. The summed E-state index contributed by atoms with van der Waals surface area (Å²) >= 11 is 0. The van der Waals surface area contributed by atoms with Crippen molar-refractivity contribution in [3.63, 3.8) is 0 Å². The Labute approximate surface area is 121 Å². The molecule has 0 aliphatic heterocycles. The van der Waals surface area contributed by atoms with Gasteiger partial charge in [-0.3, -0.25) is 0 Å². The first-order valence-corrected chi connectivity index (χ1v) is 7.07. The van der Waals surface area contributed by atoms with Crippen LogP contribution in [0.5, 0.6) is 5.75 Å². The van der Waals surface area contributed by atoms with E-state index in [4.69, 9.17) is 4.74 Å². The number of nitrogens with one attached hydrogen (secondary N) is 1. The molecule has 0 heterocycles. The number of aryl methyl sites for hydroxylation is 1. The third-order valence-electron chi connectivity index (χ3n) is 3.77. The fourth-order valence-corrected chi connectivity index (χ4v) is 2.53. The zero-order valence-corrected chi connectivity index (χ0v) is 12.7. The topological polar surface area (TPSA) is 21.3 Å². The SMILES string of the molecule is COc1ccc(C(C)N[C@@H](C)c2ccccc2C)cc1. The molecule has 2 aromatic rings. The zero-order chi connectivity index (χ0) is 14.5. The van der Waals surface area contributed by atoms with Crippen LogP contribution in [0, 0.1) is 6.92 Å². The van der Waals surface area contributed by atoms with Gasteiger partial charge in [-0.2, -0.15) is 0 Å². The molecule has 0 saturated heterocycles. The Balaban J connectivity index is 2.06. The molecule has 106 valence electrons. The lowest BCUT2D eigenvalue weighted by atomic mass is 10.0. The maximum atomic E-state index is 5.19. The third-order valence-corrected chi connectivity index (χ3v) is 3.77. The predicted octanol–water partition coefficient (Wildman–Crippen LogP) is 4.42. The Kier molecular flexibility index (Phi) is 4.80. The van der Waals surface area contributed by atoms with Gasteiger partial charge in [-0.05, 0) is 49.6 Å². The van der Waals surface area contributed by atoms with Gasteiger partial charge in [-0.1, -0.05) is 36.4 Å². The van der Waals surface area contributed by atoms with Crippen molar-refractivity contribution in [1.82, 2.24) is 5.32 Å². The van der Waals surface area contributed by atoms with Gasteiger partial charge in [0.25, 0.3) is 0 Å². The second-order valence-electron chi connectivity index (χ2n) is 5.24. The molecule has 2 atom stereocenters. The molecule has 2 heteroatoms. The van der Waals surface area contributed by atoms with Crippen molar-refractivity contribution in [3.05, 3.63) is 65.2 Å². The van der Waals surface area contributed by atoms with Crippen LogP contribution in [0.4, 0.5) is 0 Å². The van der Waals surface area contributed by atoms with E-state index >= 15 is 0 Å². The van der Waals surface area contributed by atoms with Gasteiger partial charge in [0.1, 0.15) is 5.75 Å². The molecule has 0 amide bonds. The highest BCUT2D eigenvalue weighted by Gasteiger charge is 2.12. The highest BCUT2D eigenvalue weighted by Crippen LogP contribution is 2.23. The van der Waals surface area contributed by atoms with Crippen LogP contribution in [-0.4, -0.2) is 7.11 Å². The summed E-state index contributed by atoms with van der Waals surface area (Å²) in [5.74, 6) is 0.896. The fourth-order valence-electron chi connectivity index (χ4n) is 2.53. The Morgan fingerprint density at radius 3 is 2.15 bits per heavy atom. The Bertz CT molecular complexity index is 548. The van der Waals surface area contributed by atoms with E-state index < -0.39 is 0 Å². The third kappa shape index (κ3) is 3.40. The van der Waals surface area contributed by atoms with Crippen LogP contribution in [0.2, 0.25) is 0 Å². The molecule has 0 saturated carbocycles. The van der Waals surface area contributed by atoms with E-state index in [2.05, 4.69) is 62.5 Å². The fraction of sp³-hybridized carbons (Fsp3) is 0.333. The number of methoxy groups -OCH3 is 1. The van der Waals surface area contributed by atoms with Crippen LogP contribution in [0.25, 0.3) is 0 Å². The van der Waals surface area contributed by atoms with Gasteiger partial charge in [0, 0.05) is 12.1 Å². The van der Waals surface area contributed by atoms with Crippen molar-refractivity contribution < 1.29 is 4.74 Å². The van der Waals surface area contributed by atoms with Gasteiger partial charge >= 0.3 is 0 Å². The summed E-state index contributed by atoms with van der Waals surface area (Å²) in [5, 5.41) is 3.65. The summed E-state index contributed by atoms with van der Waals surface area (Å²) in [6.07, 6.45) is 0. The molecule has 20 heavy (non-hydrogen) atoms. The average Bonchev–Trinajstić information content (AvgIpc) is 2.47. The molecule has 0 aromatic heterocycles. The summed E-state index contributed by atoms with van der Waals surface area (Å²) < 4.78 is 5.19. The smallest absolute Gasteiger partial charge is 0.118 e. The second-order valence-corrected chi connectivity index (χ2v) is 5.24. The van der Waals surface area contributed by atoms with Gasteiger partial charge in [-0.15, -0.1) is 0 Å². The maximum absolute atomic E-state index is 5.19. The lowest BCUT2D eigenvalue weighted by molar-refractivity contribution is 0.414. The molecule has 1 unspecified atom stereocenters. The average molecular weight is 269 g/mol. The summed E-state index contributed by atoms with van der Waals surface area (Å²) in [6.45, 7) is 6.56. The monoisotopic (exact) mass is 269 g/mol. The van der Waals surface area contributed by atoms with Gasteiger partial charge < -0.3 is 10.1 Å². The molecule has 0 bridgehead atoms.